The second-order valence-corrected chi connectivity index (χ2v) is 5.33. The van der Waals surface area contributed by atoms with Crippen LogP contribution in [-0.2, 0) is 4.79 Å². The van der Waals surface area contributed by atoms with Crippen LogP contribution in [0, 0.1) is 0 Å². The molecular formula is C16H26N2O2. The van der Waals surface area contributed by atoms with E-state index in [0.29, 0.717) is 5.75 Å². The number of carbonyl (C=O) groups is 1. The largest absolute Gasteiger partial charge is 0.495 e. The Labute approximate surface area is 121 Å². The van der Waals surface area contributed by atoms with Gasteiger partial charge in [-0.2, -0.15) is 0 Å². The molecule has 0 aliphatic carbocycles. The van der Waals surface area contributed by atoms with Crippen LogP contribution >= 0.6 is 0 Å². The Hall–Kier alpha value is -1.71. The summed E-state index contributed by atoms with van der Waals surface area (Å²) in [6.45, 7) is 4.02. The zero-order chi connectivity index (χ0) is 15.0. The van der Waals surface area contributed by atoms with Crippen LogP contribution in [0.25, 0.3) is 0 Å². The van der Waals surface area contributed by atoms with Crippen molar-refractivity contribution in [1.29, 1.82) is 0 Å². The Morgan fingerprint density at radius 2 is 2.00 bits per heavy atom. The van der Waals surface area contributed by atoms with E-state index < -0.39 is 5.54 Å². The smallest absolute Gasteiger partial charge is 0.242 e. The number of carbonyl (C=O) groups excluding carboxylic acids is 1. The van der Waals surface area contributed by atoms with Crippen molar-refractivity contribution in [1.82, 2.24) is 0 Å². The van der Waals surface area contributed by atoms with Gasteiger partial charge < -0.3 is 15.8 Å². The summed E-state index contributed by atoms with van der Waals surface area (Å²) >= 11 is 0. The van der Waals surface area contributed by atoms with E-state index in [1.807, 2.05) is 31.2 Å². The zero-order valence-corrected chi connectivity index (χ0v) is 12.7. The molecule has 1 amide bonds. The van der Waals surface area contributed by atoms with Crippen molar-refractivity contribution in [2.75, 3.05) is 12.4 Å². The van der Waals surface area contributed by atoms with Crippen molar-refractivity contribution in [3.63, 3.8) is 0 Å². The van der Waals surface area contributed by atoms with Gasteiger partial charge in [-0.05, 0) is 25.5 Å². The number of hydrogen-bond donors (Lipinski definition) is 2. The van der Waals surface area contributed by atoms with Gasteiger partial charge in [-0.1, -0.05) is 44.7 Å². The fourth-order valence-electron chi connectivity index (χ4n) is 2.20. The van der Waals surface area contributed by atoms with Crippen molar-refractivity contribution in [3.8, 4) is 5.75 Å². The SMILES string of the molecule is CCCCCCC(C)(Nc1ccccc1OC)C(N)=O. The van der Waals surface area contributed by atoms with E-state index in [1.165, 1.54) is 12.8 Å². The lowest BCUT2D eigenvalue weighted by atomic mass is 9.92. The minimum absolute atomic E-state index is 0.333. The molecule has 4 nitrogen and oxygen atoms in total. The summed E-state index contributed by atoms with van der Waals surface area (Å²) in [6.07, 6.45) is 5.18. The molecule has 1 aromatic rings. The molecule has 4 heteroatoms. The number of ether oxygens (including phenoxy) is 1. The lowest BCUT2D eigenvalue weighted by Gasteiger charge is -2.29. The third-order valence-electron chi connectivity index (χ3n) is 3.59. The quantitative estimate of drug-likeness (QED) is 0.681. The van der Waals surface area contributed by atoms with Crippen molar-refractivity contribution < 1.29 is 9.53 Å². The van der Waals surface area contributed by atoms with Crippen LogP contribution in [0.5, 0.6) is 5.75 Å². The first-order valence-corrected chi connectivity index (χ1v) is 7.24. The monoisotopic (exact) mass is 278 g/mol. The van der Waals surface area contributed by atoms with E-state index in [-0.39, 0.29) is 5.91 Å². The molecular weight excluding hydrogens is 252 g/mol. The fourth-order valence-corrected chi connectivity index (χ4v) is 2.20. The molecule has 3 N–H and O–H groups in total. The summed E-state index contributed by atoms with van der Waals surface area (Å²) in [7, 11) is 1.61. The van der Waals surface area contributed by atoms with Crippen molar-refractivity contribution in [2.24, 2.45) is 5.73 Å². The molecule has 0 fully saturated rings. The van der Waals surface area contributed by atoms with Crippen LogP contribution in [0.4, 0.5) is 5.69 Å². The Morgan fingerprint density at radius 1 is 1.30 bits per heavy atom. The summed E-state index contributed by atoms with van der Waals surface area (Å²) in [5.74, 6) is 0.383. The second kappa shape index (κ2) is 7.78. The van der Waals surface area contributed by atoms with E-state index >= 15 is 0 Å². The lowest BCUT2D eigenvalue weighted by molar-refractivity contribution is -0.122. The fraction of sp³-hybridized carbons (Fsp3) is 0.562. The van der Waals surface area contributed by atoms with Crippen LogP contribution < -0.4 is 15.8 Å². The predicted molar refractivity (Wildman–Crippen MR) is 83.0 cm³/mol. The number of primary amides is 1. The summed E-state index contributed by atoms with van der Waals surface area (Å²) in [5, 5.41) is 3.25. The molecule has 1 aromatic carbocycles. The maximum absolute atomic E-state index is 11.8. The minimum Gasteiger partial charge on any atom is -0.495 e. The molecule has 1 unspecified atom stereocenters. The summed E-state index contributed by atoms with van der Waals surface area (Å²) in [4.78, 5) is 11.8. The number of rotatable bonds is 9. The molecule has 112 valence electrons. The Morgan fingerprint density at radius 3 is 2.60 bits per heavy atom. The van der Waals surface area contributed by atoms with E-state index in [9.17, 15) is 4.79 Å². The van der Waals surface area contributed by atoms with E-state index in [0.717, 1.165) is 24.9 Å². The molecule has 0 spiro atoms. The number of benzene rings is 1. The highest BCUT2D eigenvalue weighted by atomic mass is 16.5. The van der Waals surface area contributed by atoms with Gasteiger partial charge in [0.15, 0.2) is 0 Å². The van der Waals surface area contributed by atoms with Gasteiger partial charge in [-0.3, -0.25) is 4.79 Å². The summed E-state index contributed by atoms with van der Waals surface area (Å²) in [6, 6.07) is 7.56. The Kier molecular flexibility index (Phi) is 6.36. The average Bonchev–Trinajstić information content (AvgIpc) is 2.44. The van der Waals surface area contributed by atoms with Gasteiger partial charge in [0.05, 0.1) is 12.8 Å². The van der Waals surface area contributed by atoms with Gasteiger partial charge in [0.1, 0.15) is 11.3 Å². The van der Waals surface area contributed by atoms with E-state index in [4.69, 9.17) is 10.5 Å². The average molecular weight is 278 g/mol. The first kappa shape index (κ1) is 16.3. The van der Waals surface area contributed by atoms with E-state index in [1.54, 1.807) is 7.11 Å². The highest BCUT2D eigenvalue weighted by molar-refractivity contribution is 5.88. The summed E-state index contributed by atoms with van der Waals surface area (Å²) in [5.41, 5.74) is 5.63. The maximum atomic E-state index is 11.8. The topological polar surface area (TPSA) is 64.3 Å². The van der Waals surface area contributed by atoms with Gasteiger partial charge in [-0.25, -0.2) is 0 Å². The summed E-state index contributed by atoms with van der Waals surface area (Å²) < 4.78 is 5.30. The van der Waals surface area contributed by atoms with Crippen molar-refractivity contribution >= 4 is 11.6 Å². The molecule has 1 rings (SSSR count). The Balaban J connectivity index is 2.77. The number of para-hydroxylation sites is 2. The van der Waals surface area contributed by atoms with Gasteiger partial charge >= 0.3 is 0 Å². The van der Waals surface area contributed by atoms with Crippen LogP contribution in [0.3, 0.4) is 0 Å². The van der Waals surface area contributed by atoms with Crippen molar-refractivity contribution in [2.45, 2.75) is 51.5 Å². The first-order chi connectivity index (χ1) is 9.53. The number of unbranched alkanes of at least 4 members (excludes halogenated alkanes) is 3. The number of nitrogens with one attached hydrogen (secondary N) is 1. The highest BCUT2D eigenvalue weighted by Gasteiger charge is 2.31. The molecule has 0 saturated heterocycles. The van der Waals surface area contributed by atoms with Crippen molar-refractivity contribution in [3.05, 3.63) is 24.3 Å². The third-order valence-corrected chi connectivity index (χ3v) is 3.59. The molecule has 0 aromatic heterocycles. The molecule has 0 saturated carbocycles. The van der Waals surface area contributed by atoms with Crippen LogP contribution in [-0.4, -0.2) is 18.6 Å². The molecule has 0 radical (unpaired) electrons. The van der Waals surface area contributed by atoms with E-state index in [2.05, 4.69) is 12.2 Å². The number of hydrogen-bond acceptors (Lipinski definition) is 3. The highest BCUT2D eigenvalue weighted by Crippen LogP contribution is 2.28. The van der Waals surface area contributed by atoms with Gasteiger partial charge in [-0.15, -0.1) is 0 Å². The number of methoxy groups -OCH3 is 1. The minimum atomic E-state index is -0.748. The standard InChI is InChI=1S/C16H26N2O2/c1-4-5-6-9-12-16(2,15(17)19)18-13-10-7-8-11-14(13)20-3/h7-8,10-11,18H,4-6,9,12H2,1-3H3,(H2,17,19). The first-order valence-electron chi connectivity index (χ1n) is 7.24. The molecule has 0 bridgehead atoms. The molecule has 1 atom stereocenters. The van der Waals surface area contributed by atoms with Gasteiger partial charge in [0.2, 0.25) is 5.91 Å². The predicted octanol–water partition coefficient (Wildman–Crippen LogP) is 3.32. The number of amides is 1. The van der Waals surface area contributed by atoms with Crippen LogP contribution in [0.2, 0.25) is 0 Å². The molecule has 0 aliphatic heterocycles. The maximum Gasteiger partial charge on any atom is 0.242 e. The number of nitrogens with two attached hydrogens (primary N) is 1. The van der Waals surface area contributed by atoms with Crippen LogP contribution in [0.15, 0.2) is 24.3 Å². The van der Waals surface area contributed by atoms with Gasteiger partial charge in [0.25, 0.3) is 0 Å². The second-order valence-electron chi connectivity index (χ2n) is 5.33. The lowest BCUT2D eigenvalue weighted by Crippen LogP contribution is -2.47. The third kappa shape index (κ3) is 4.44. The molecule has 20 heavy (non-hydrogen) atoms. The zero-order valence-electron chi connectivity index (χ0n) is 12.7. The normalized spacial score (nSPS) is 13.6. The van der Waals surface area contributed by atoms with Crippen LogP contribution in [0.1, 0.15) is 46.0 Å². The number of anilines is 1. The van der Waals surface area contributed by atoms with Gasteiger partial charge in [0, 0.05) is 0 Å². The molecule has 0 aliphatic rings. The Bertz CT molecular complexity index is 434. The molecule has 0 heterocycles.